The zero-order valence-corrected chi connectivity index (χ0v) is 18.1. The molecule has 3 rings (SSSR count). The van der Waals surface area contributed by atoms with Gasteiger partial charge in [-0.25, -0.2) is 0 Å². The van der Waals surface area contributed by atoms with Crippen LogP contribution in [0.4, 0.5) is 5.69 Å². The molecule has 1 heterocycles. The van der Waals surface area contributed by atoms with Crippen molar-refractivity contribution >= 4 is 44.9 Å². The first-order valence-corrected chi connectivity index (χ1v) is 10.2. The van der Waals surface area contributed by atoms with Crippen molar-refractivity contribution in [2.24, 2.45) is 0 Å². The average Bonchev–Trinajstić information content (AvgIpc) is 3.06. The van der Waals surface area contributed by atoms with E-state index in [1.165, 1.54) is 5.56 Å². The molecule has 1 N–H and O–H groups in total. The number of halogens is 1. The van der Waals surface area contributed by atoms with Crippen molar-refractivity contribution in [3.8, 4) is 5.75 Å². The van der Waals surface area contributed by atoms with E-state index in [1.54, 1.807) is 0 Å². The van der Waals surface area contributed by atoms with Crippen molar-refractivity contribution < 1.29 is 9.53 Å². The van der Waals surface area contributed by atoms with Crippen LogP contribution in [0.3, 0.4) is 0 Å². The third-order valence-electron chi connectivity index (χ3n) is 4.65. The molecule has 6 heteroatoms. The molecule has 0 aromatic heterocycles. The number of amides is 1. The molecule has 1 aliphatic heterocycles. The standard InChI is InChI=1S/C21H23BrN2O2S/c1-13(2)16-11-17(22)14(3)10-19(16)26-12-20(25)23-21(27)24-9-8-15-6-4-5-7-18(15)24/h4-7,10-11,13H,8-9,12H2,1-3H3,(H,23,25,27). The molecule has 142 valence electrons. The largest absolute Gasteiger partial charge is 0.483 e. The number of nitrogens with one attached hydrogen (secondary N) is 1. The Balaban J connectivity index is 1.62. The second-order valence-corrected chi connectivity index (χ2v) is 8.21. The highest BCUT2D eigenvalue weighted by Gasteiger charge is 2.23. The van der Waals surface area contributed by atoms with Crippen molar-refractivity contribution in [3.63, 3.8) is 0 Å². The maximum atomic E-state index is 12.4. The second kappa shape index (κ2) is 8.40. The molecule has 4 nitrogen and oxygen atoms in total. The van der Waals surface area contributed by atoms with Crippen molar-refractivity contribution in [2.45, 2.75) is 33.1 Å². The van der Waals surface area contributed by atoms with E-state index in [0.29, 0.717) is 11.0 Å². The summed E-state index contributed by atoms with van der Waals surface area (Å²) in [6.07, 6.45) is 0.929. The summed E-state index contributed by atoms with van der Waals surface area (Å²) in [5, 5.41) is 3.21. The van der Waals surface area contributed by atoms with E-state index in [9.17, 15) is 4.79 Å². The zero-order chi connectivity index (χ0) is 19.6. The minimum atomic E-state index is -0.250. The molecule has 0 atom stereocenters. The highest BCUT2D eigenvalue weighted by atomic mass is 79.9. The third kappa shape index (κ3) is 4.50. The van der Waals surface area contributed by atoms with Gasteiger partial charge in [-0.1, -0.05) is 48.0 Å². The summed E-state index contributed by atoms with van der Waals surface area (Å²) < 4.78 is 6.86. The third-order valence-corrected chi connectivity index (χ3v) is 5.83. The summed E-state index contributed by atoms with van der Waals surface area (Å²) in [6, 6.07) is 12.1. The fourth-order valence-corrected chi connectivity index (χ4v) is 3.83. The lowest BCUT2D eigenvalue weighted by molar-refractivity contribution is -0.121. The molecule has 1 aliphatic rings. The number of aryl methyl sites for hydroxylation is 1. The molecule has 0 bridgehead atoms. The maximum Gasteiger partial charge on any atom is 0.264 e. The van der Waals surface area contributed by atoms with E-state index in [4.69, 9.17) is 17.0 Å². The van der Waals surface area contributed by atoms with Gasteiger partial charge in [0.1, 0.15) is 5.75 Å². The van der Waals surface area contributed by atoms with Crippen molar-refractivity contribution in [2.75, 3.05) is 18.1 Å². The van der Waals surface area contributed by atoms with Crippen molar-refractivity contribution in [1.29, 1.82) is 0 Å². The Hall–Kier alpha value is -1.92. The van der Waals surface area contributed by atoms with Crippen LogP contribution in [-0.4, -0.2) is 24.2 Å². The molecule has 0 fully saturated rings. The Labute approximate surface area is 174 Å². The number of anilines is 1. The lowest BCUT2D eigenvalue weighted by Crippen LogP contribution is -2.43. The van der Waals surface area contributed by atoms with Gasteiger partial charge in [0.2, 0.25) is 0 Å². The van der Waals surface area contributed by atoms with Crippen LogP contribution in [-0.2, 0) is 11.2 Å². The molecule has 0 saturated carbocycles. The number of carbonyl (C=O) groups excluding carboxylic acids is 1. The molecule has 2 aromatic rings. The van der Waals surface area contributed by atoms with Crippen LogP contribution < -0.4 is 15.0 Å². The molecule has 2 aromatic carbocycles. The number of para-hydroxylation sites is 1. The molecule has 1 amide bonds. The number of hydrogen-bond acceptors (Lipinski definition) is 3. The van der Waals surface area contributed by atoms with E-state index >= 15 is 0 Å². The number of fused-ring (bicyclic) bond motifs is 1. The SMILES string of the molecule is Cc1cc(OCC(=O)NC(=S)N2CCc3ccccc32)c(C(C)C)cc1Br. The number of hydrogen-bond donors (Lipinski definition) is 1. The Bertz CT molecular complexity index is 882. The lowest BCUT2D eigenvalue weighted by atomic mass is 10.0. The summed E-state index contributed by atoms with van der Waals surface area (Å²) in [7, 11) is 0. The van der Waals surface area contributed by atoms with E-state index in [2.05, 4.69) is 47.2 Å². The molecule has 0 spiro atoms. The second-order valence-electron chi connectivity index (χ2n) is 6.97. The van der Waals surface area contributed by atoms with E-state index in [0.717, 1.165) is 40.0 Å². The topological polar surface area (TPSA) is 41.6 Å². The van der Waals surface area contributed by atoms with Crippen LogP contribution in [0.2, 0.25) is 0 Å². The molecule has 0 aliphatic carbocycles. The van der Waals surface area contributed by atoms with Gasteiger partial charge in [0.05, 0.1) is 0 Å². The van der Waals surface area contributed by atoms with Gasteiger partial charge >= 0.3 is 0 Å². The minimum absolute atomic E-state index is 0.0730. The summed E-state index contributed by atoms with van der Waals surface area (Å²) in [5.74, 6) is 0.778. The Morgan fingerprint density at radius 1 is 1.33 bits per heavy atom. The van der Waals surface area contributed by atoms with Crippen LogP contribution in [0.5, 0.6) is 5.75 Å². The van der Waals surface area contributed by atoms with Gasteiger partial charge in [0.15, 0.2) is 11.7 Å². The summed E-state index contributed by atoms with van der Waals surface area (Å²) in [4.78, 5) is 14.3. The first-order chi connectivity index (χ1) is 12.9. The summed E-state index contributed by atoms with van der Waals surface area (Å²) in [6.45, 7) is 6.91. The molecule has 27 heavy (non-hydrogen) atoms. The number of carbonyl (C=O) groups is 1. The average molecular weight is 447 g/mol. The summed E-state index contributed by atoms with van der Waals surface area (Å²) in [5.41, 5.74) is 4.45. The predicted molar refractivity (Wildman–Crippen MR) is 117 cm³/mol. The minimum Gasteiger partial charge on any atom is -0.483 e. The van der Waals surface area contributed by atoms with E-state index in [1.807, 2.05) is 36.1 Å². The van der Waals surface area contributed by atoms with Gasteiger partial charge < -0.3 is 9.64 Å². The van der Waals surface area contributed by atoms with E-state index in [-0.39, 0.29) is 12.5 Å². The Morgan fingerprint density at radius 3 is 2.81 bits per heavy atom. The van der Waals surface area contributed by atoms with Crippen molar-refractivity contribution in [3.05, 3.63) is 57.6 Å². The van der Waals surface area contributed by atoms with Crippen LogP contribution in [0.25, 0.3) is 0 Å². The van der Waals surface area contributed by atoms with Gasteiger partial charge in [-0.15, -0.1) is 0 Å². The molecule has 0 radical (unpaired) electrons. The van der Waals surface area contributed by atoms with Crippen LogP contribution in [0, 0.1) is 6.92 Å². The van der Waals surface area contributed by atoms with Crippen LogP contribution >= 0.6 is 28.1 Å². The maximum absolute atomic E-state index is 12.4. The predicted octanol–water partition coefficient (Wildman–Crippen LogP) is 4.72. The highest BCUT2D eigenvalue weighted by Crippen LogP contribution is 2.32. The highest BCUT2D eigenvalue weighted by molar-refractivity contribution is 9.10. The molecular weight excluding hydrogens is 424 g/mol. The number of rotatable bonds is 4. The van der Waals surface area contributed by atoms with Gasteiger partial charge in [-0.3, -0.25) is 10.1 Å². The number of thiocarbonyl (C=S) groups is 1. The van der Waals surface area contributed by atoms with Gasteiger partial charge in [0, 0.05) is 16.7 Å². The van der Waals surface area contributed by atoms with Crippen LogP contribution in [0.15, 0.2) is 40.9 Å². The molecular formula is C21H23BrN2O2S. The normalized spacial score (nSPS) is 12.9. The van der Waals surface area contributed by atoms with E-state index < -0.39 is 0 Å². The fourth-order valence-electron chi connectivity index (χ4n) is 3.16. The van der Waals surface area contributed by atoms with Crippen molar-refractivity contribution in [1.82, 2.24) is 5.32 Å². The smallest absolute Gasteiger partial charge is 0.264 e. The summed E-state index contributed by atoms with van der Waals surface area (Å²) >= 11 is 8.99. The quantitative estimate of drug-likeness (QED) is 0.689. The Kier molecular flexibility index (Phi) is 6.17. The zero-order valence-electron chi connectivity index (χ0n) is 15.7. The number of nitrogens with zero attached hydrogens (tertiary/aromatic N) is 1. The molecule has 0 saturated heterocycles. The van der Waals surface area contributed by atoms with Crippen LogP contribution in [0.1, 0.15) is 36.5 Å². The first kappa shape index (κ1) is 19.8. The van der Waals surface area contributed by atoms with Gasteiger partial charge in [0.25, 0.3) is 5.91 Å². The monoisotopic (exact) mass is 446 g/mol. The first-order valence-electron chi connectivity index (χ1n) is 8.99. The lowest BCUT2D eigenvalue weighted by Gasteiger charge is -2.21. The number of ether oxygens (including phenoxy) is 1. The Morgan fingerprint density at radius 2 is 2.07 bits per heavy atom. The molecule has 0 unspecified atom stereocenters. The fraction of sp³-hybridized carbons (Fsp3) is 0.333. The van der Waals surface area contributed by atoms with Gasteiger partial charge in [-0.2, -0.15) is 0 Å². The number of benzene rings is 2. The van der Waals surface area contributed by atoms with Gasteiger partial charge in [-0.05, 0) is 66.4 Å².